The zero-order chi connectivity index (χ0) is 17.8. The van der Waals surface area contributed by atoms with E-state index in [0.29, 0.717) is 37.6 Å². The van der Waals surface area contributed by atoms with Gasteiger partial charge >= 0.3 is 0 Å². The number of carbonyl (C=O) groups excluding carboxylic acids is 1. The van der Waals surface area contributed by atoms with E-state index in [1.807, 2.05) is 39.4 Å². The molecule has 1 aliphatic rings. The first-order chi connectivity index (χ1) is 12.8. The Hall–Kier alpha value is -2.58. The van der Waals surface area contributed by atoms with E-state index in [4.69, 9.17) is 4.74 Å². The molecule has 0 unspecified atom stereocenters. The summed E-state index contributed by atoms with van der Waals surface area (Å²) >= 11 is 1.58. The Morgan fingerprint density at radius 2 is 2.19 bits per heavy atom. The fourth-order valence-corrected chi connectivity index (χ4v) is 3.63. The average molecular weight is 369 g/mol. The van der Waals surface area contributed by atoms with E-state index in [2.05, 4.69) is 15.1 Å². The summed E-state index contributed by atoms with van der Waals surface area (Å²) in [6.07, 6.45) is 7.60. The van der Waals surface area contributed by atoms with Gasteiger partial charge in [-0.2, -0.15) is 5.10 Å². The fourth-order valence-electron chi connectivity index (χ4n) is 2.96. The lowest BCUT2D eigenvalue weighted by Gasteiger charge is -2.24. The summed E-state index contributed by atoms with van der Waals surface area (Å²) in [5.74, 6) is 0.589. The quantitative estimate of drug-likeness (QED) is 0.706. The van der Waals surface area contributed by atoms with Crippen molar-refractivity contribution in [3.63, 3.8) is 0 Å². The van der Waals surface area contributed by atoms with Gasteiger partial charge in [0.2, 0.25) is 0 Å². The van der Waals surface area contributed by atoms with Gasteiger partial charge in [0.25, 0.3) is 5.91 Å². The molecule has 134 valence electrons. The van der Waals surface area contributed by atoms with Gasteiger partial charge in [-0.05, 0) is 23.9 Å². The van der Waals surface area contributed by atoms with E-state index in [1.165, 1.54) is 0 Å². The van der Waals surface area contributed by atoms with E-state index in [1.54, 1.807) is 29.9 Å². The van der Waals surface area contributed by atoms with Crippen molar-refractivity contribution in [1.29, 1.82) is 0 Å². The third kappa shape index (κ3) is 3.81. The molecule has 0 saturated carbocycles. The molecule has 1 aliphatic heterocycles. The molecule has 1 fully saturated rings. The van der Waals surface area contributed by atoms with Gasteiger partial charge in [-0.3, -0.25) is 9.48 Å². The summed E-state index contributed by atoms with van der Waals surface area (Å²) in [5.41, 5.74) is 0.505. The number of amides is 1. The normalized spacial score (nSPS) is 17.8. The first-order valence-electron chi connectivity index (χ1n) is 8.54. The fraction of sp³-hybridized carbons (Fsp3) is 0.333. The second-order valence-electron chi connectivity index (χ2n) is 6.10. The number of rotatable bonds is 4. The van der Waals surface area contributed by atoms with Crippen LogP contribution >= 0.6 is 11.3 Å². The molecule has 3 aromatic heterocycles. The van der Waals surface area contributed by atoms with Crippen molar-refractivity contribution in [2.75, 3.05) is 19.7 Å². The highest BCUT2D eigenvalue weighted by molar-refractivity contribution is 7.13. The van der Waals surface area contributed by atoms with Crippen molar-refractivity contribution in [2.24, 2.45) is 0 Å². The Morgan fingerprint density at radius 1 is 1.31 bits per heavy atom. The van der Waals surface area contributed by atoms with Crippen LogP contribution in [0.25, 0.3) is 10.7 Å². The summed E-state index contributed by atoms with van der Waals surface area (Å²) in [5, 5.41) is 6.20. The standard InChI is InChI=1S/C18H19N5O2S/c24-18(14-10-19-17(20-11-14)16-4-1-9-26-16)22-6-3-8-25-15(12-22)13-23-7-2-5-21-23/h1-2,4-5,7,9-11,15H,3,6,8,12-13H2/t15-/m1/s1. The highest BCUT2D eigenvalue weighted by atomic mass is 32.1. The van der Waals surface area contributed by atoms with Crippen LogP contribution < -0.4 is 0 Å². The van der Waals surface area contributed by atoms with Crippen molar-refractivity contribution >= 4 is 17.2 Å². The molecule has 0 N–H and O–H groups in total. The minimum absolute atomic E-state index is 0.0568. The van der Waals surface area contributed by atoms with E-state index < -0.39 is 0 Å². The third-order valence-electron chi connectivity index (χ3n) is 4.23. The van der Waals surface area contributed by atoms with Crippen LogP contribution in [0.1, 0.15) is 16.8 Å². The Balaban J connectivity index is 1.45. The van der Waals surface area contributed by atoms with Gasteiger partial charge in [-0.25, -0.2) is 9.97 Å². The average Bonchev–Trinajstić information content (AvgIpc) is 3.33. The van der Waals surface area contributed by atoms with Gasteiger partial charge in [0.1, 0.15) is 0 Å². The lowest BCUT2D eigenvalue weighted by molar-refractivity contribution is 0.0367. The molecule has 3 aromatic rings. The highest BCUT2D eigenvalue weighted by Gasteiger charge is 2.24. The molecule has 8 heteroatoms. The molecule has 0 aliphatic carbocycles. The molecule has 1 saturated heterocycles. The highest BCUT2D eigenvalue weighted by Crippen LogP contribution is 2.20. The third-order valence-corrected chi connectivity index (χ3v) is 5.09. The Labute approximate surface area is 155 Å². The van der Waals surface area contributed by atoms with Crippen LogP contribution in [-0.2, 0) is 11.3 Å². The van der Waals surface area contributed by atoms with Gasteiger partial charge < -0.3 is 9.64 Å². The SMILES string of the molecule is O=C(c1cnc(-c2cccs2)nc1)N1CCCO[C@@H](Cn2cccn2)C1. The molecule has 4 rings (SSSR count). The lowest BCUT2D eigenvalue weighted by atomic mass is 10.2. The topological polar surface area (TPSA) is 73.1 Å². The lowest BCUT2D eigenvalue weighted by Crippen LogP contribution is -2.38. The molecular weight excluding hydrogens is 350 g/mol. The van der Waals surface area contributed by atoms with Crippen LogP contribution in [0, 0.1) is 0 Å². The summed E-state index contributed by atoms with van der Waals surface area (Å²) in [6.45, 7) is 2.47. The molecule has 1 amide bonds. The molecule has 4 heterocycles. The molecule has 1 atom stereocenters. The minimum Gasteiger partial charge on any atom is -0.374 e. The van der Waals surface area contributed by atoms with Crippen molar-refractivity contribution in [3.8, 4) is 10.7 Å². The number of carbonyl (C=O) groups is 1. The second-order valence-corrected chi connectivity index (χ2v) is 7.05. The van der Waals surface area contributed by atoms with Crippen LogP contribution in [0.3, 0.4) is 0 Å². The molecule has 0 bridgehead atoms. The summed E-state index contributed by atoms with van der Waals surface area (Å²) in [6, 6.07) is 5.80. The van der Waals surface area contributed by atoms with Crippen LogP contribution in [0.15, 0.2) is 48.4 Å². The van der Waals surface area contributed by atoms with E-state index in [0.717, 1.165) is 11.3 Å². The maximum atomic E-state index is 12.9. The molecule has 0 radical (unpaired) electrons. The summed E-state index contributed by atoms with van der Waals surface area (Å²) in [4.78, 5) is 24.4. The number of hydrogen-bond acceptors (Lipinski definition) is 6. The van der Waals surface area contributed by atoms with Gasteiger partial charge in [-0.1, -0.05) is 6.07 Å². The van der Waals surface area contributed by atoms with Crippen molar-refractivity contribution < 1.29 is 9.53 Å². The molecule has 0 aromatic carbocycles. The Kier molecular flexibility index (Phi) is 5.03. The van der Waals surface area contributed by atoms with Gasteiger partial charge in [-0.15, -0.1) is 11.3 Å². The van der Waals surface area contributed by atoms with Crippen LogP contribution in [0.5, 0.6) is 0 Å². The van der Waals surface area contributed by atoms with Crippen molar-refractivity contribution in [2.45, 2.75) is 19.1 Å². The van der Waals surface area contributed by atoms with Gasteiger partial charge in [0.15, 0.2) is 5.82 Å². The first-order valence-corrected chi connectivity index (χ1v) is 9.42. The maximum absolute atomic E-state index is 12.9. The minimum atomic E-state index is -0.0762. The molecule has 26 heavy (non-hydrogen) atoms. The summed E-state index contributed by atoms with van der Waals surface area (Å²) < 4.78 is 7.71. The number of aromatic nitrogens is 4. The van der Waals surface area contributed by atoms with Crippen molar-refractivity contribution in [3.05, 3.63) is 53.9 Å². The number of hydrogen-bond donors (Lipinski definition) is 0. The predicted octanol–water partition coefficient (Wildman–Crippen LogP) is 2.33. The predicted molar refractivity (Wildman–Crippen MR) is 97.8 cm³/mol. The van der Waals surface area contributed by atoms with Crippen LogP contribution in [0.4, 0.5) is 0 Å². The maximum Gasteiger partial charge on any atom is 0.257 e. The molecular formula is C18H19N5O2S. The first kappa shape index (κ1) is 16.9. The number of thiophene rings is 1. The zero-order valence-electron chi connectivity index (χ0n) is 14.2. The smallest absolute Gasteiger partial charge is 0.257 e. The number of nitrogens with zero attached hydrogens (tertiary/aromatic N) is 5. The van der Waals surface area contributed by atoms with E-state index in [9.17, 15) is 4.79 Å². The zero-order valence-corrected chi connectivity index (χ0v) is 15.0. The summed E-state index contributed by atoms with van der Waals surface area (Å²) in [7, 11) is 0. The van der Waals surface area contributed by atoms with Gasteiger partial charge in [0.05, 0.1) is 23.1 Å². The second kappa shape index (κ2) is 7.76. The largest absolute Gasteiger partial charge is 0.374 e. The van der Waals surface area contributed by atoms with Crippen LogP contribution in [-0.4, -0.2) is 56.4 Å². The van der Waals surface area contributed by atoms with Crippen LogP contribution in [0.2, 0.25) is 0 Å². The Bertz CT molecular complexity index is 833. The molecule has 0 spiro atoms. The van der Waals surface area contributed by atoms with Crippen molar-refractivity contribution in [1.82, 2.24) is 24.6 Å². The monoisotopic (exact) mass is 369 g/mol. The molecule has 7 nitrogen and oxygen atoms in total. The Morgan fingerprint density at radius 3 is 2.92 bits per heavy atom. The number of ether oxygens (including phenoxy) is 1. The van der Waals surface area contributed by atoms with E-state index in [-0.39, 0.29) is 12.0 Å². The van der Waals surface area contributed by atoms with E-state index >= 15 is 0 Å². The van der Waals surface area contributed by atoms with Gasteiger partial charge in [0, 0.05) is 44.5 Å².